The smallest absolute Gasteiger partial charge is 0.121 e. The van der Waals surface area contributed by atoms with Crippen molar-refractivity contribution in [2.75, 3.05) is 0 Å². The van der Waals surface area contributed by atoms with E-state index in [0.29, 0.717) is 12.1 Å². The fourth-order valence-electron chi connectivity index (χ4n) is 1.59. The van der Waals surface area contributed by atoms with Crippen molar-refractivity contribution in [1.82, 2.24) is 11.0 Å². The molecule has 5 heteroatoms. The molecule has 0 unspecified atom stereocenters. The SMILES string of the molecule is Oc1ccccc1CNNOCc1ccccc1O. The summed E-state index contributed by atoms with van der Waals surface area (Å²) < 4.78 is 0. The van der Waals surface area contributed by atoms with E-state index >= 15 is 0 Å². The van der Waals surface area contributed by atoms with Gasteiger partial charge in [0, 0.05) is 17.7 Å². The Kier molecular flexibility index (Phi) is 4.74. The Hall–Kier alpha value is -2.08. The van der Waals surface area contributed by atoms with Crippen molar-refractivity contribution in [3.8, 4) is 11.5 Å². The second-order valence-electron chi connectivity index (χ2n) is 4.00. The molecule has 0 amide bonds. The Morgan fingerprint density at radius 2 is 1.42 bits per heavy atom. The van der Waals surface area contributed by atoms with Gasteiger partial charge >= 0.3 is 0 Å². The number of rotatable bonds is 6. The van der Waals surface area contributed by atoms with Gasteiger partial charge in [0.1, 0.15) is 11.5 Å². The van der Waals surface area contributed by atoms with Crippen LogP contribution >= 0.6 is 0 Å². The third kappa shape index (κ3) is 3.96. The van der Waals surface area contributed by atoms with Gasteiger partial charge in [-0.1, -0.05) is 36.4 Å². The van der Waals surface area contributed by atoms with Crippen LogP contribution in [0, 0.1) is 0 Å². The van der Waals surface area contributed by atoms with Crippen molar-refractivity contribution in [3.63, 3.8) is 0 Å². The normalized spacial score (nSPS) is 10.5. The Morgan fingerprint density at radius 3 is 2.05 bits per heavy atom. The first-order chi connectivity index (χ1) is 9.27. The van der Waals surface area contributed by atoms with Gasteiger partial charge in [-0.25, -0.2) is 5.43 Å². The largest absolute Gasteiger partial charge is 0.508 e. The van der Waals surface area contributed by atoms with Crippen LogP contribution in [0.4, 0.5) is 0 Å². The van der Waals surface area contributed by atoms with Gasteiger partial charge in [0.25, 0.3) is 0 Å². The monoisotopic (exact) mass is 260 g/mol. The molecule has 0 saturated heterocycles. The van der Waals surface area contributed by atoms with Gasteiger partial charge in [-0.15, -0.1) is 5.59 Å². The topological polar surface area (TPSA) is 73.8 Å². The molecule has 0 aromatic heterocycles. The summed E-state index contributed by atoms with van der Waals surface area (Å²) in [4.78, 5) is 5.16. The number of para-hydroxylation sites is 2. The number of hydrogen-bond donors (Lipinski definition) is 4. The van der Waals surface area contributed by atoms with E-state index in [2.05, 4.69) is 11.0 Å². The molecule has 2 aromatic rings. The molecule has 0 heterocycles. The lowest BCUT2D eigenvalue weighted by atomic mass is 10.2. The Morgan fingerprint density at radius 1 is 0.842 bits per heavy atom. The minimum atomic E-state index is 0.199. The lowest BCUT2D eigenvalue weighted by Gasteiger charge is -2.09. The summed E-state index contributed by atoms with van der Waals surface area (Å²) in [6, 6.07) is 14.0. The summed E-state index contributed by atoms with van der Waals surface area (Å²) >= 11 is 0. The van der Waals surface area contributed by atoms with E-state index < -0.39 is 0 Å². The molecule has 0 atom stereocenters. The highest BCUT2D eigenvalue weighted by atomic mass is 16.7. The van der Waals surface area contributed by atoms with Gasteiger partial charge in [-0.05, 0) is 12.1 Å². The van der Waals surface area contributed by atoms with Crippen LogP contribution in [-0.4, -0.2) is 10.2 Å². The maximum atomic E-state index is 9.54. The second-order valence-corrected chi connectivity index (χ2v) is 4.00. The van der Waals surface area contributed by atoms with Gasteiger partial charge in [0.15, 0.2) is 0 Å². The molecular formula is C14H16N2O3. The quantitative estimate of drug-likeness (QED) is 0.471. The number of phenolic OH excluding ortho intramolecular Hbond substituents is 2. The zero-order valence-corrected chi connectivity index (χ0v) is 10.3. The van der Waals surface area contributed by atoms with E-state index in [1.165, 1.54) is 0 Å². The first-order valence-electron chi connectivity index (χ1n) is 5.91. The number of phenols is 2. The maximum absolute atomic E-state index is 9.54. The fourth-order valence-corrected chi connectivity index (χ4v) is 1.59. The molecule has 4 N–H and O–H groups in total. The number of benzene rings is 2. The maximum Gasteiger partial charge on any atom is 0.121 e. The molecule has 0 bridgehead atoms. The molecule has 100 valence electrons. The van der Waals surface area contributed by atoms with Crippen molar-refractivity contribution >= 4 is 0 Å². The molecule has 0 aliphatic carbocycles. The molecule has 0 fully saturated rings. The number of nitrogens with one attached hydrogen (secondary N) is 2. The summed E-state index contributed by atoms with van der Waals surface area (Å²) in [5.41, 5.74) is 6.84. The number of hydrogen-bond acceptors (Lipinski definition) is 5. The van der Waals surface area contributed by atoms with Crippen molar-refractivity contribution in [2.45, 2.75) is 13.2 Å². The minimum absolute atomic E-state index is 0.199. The van der Waals surface area contributed by atoms with Crippen molar-refractivity contribution in [2.24, 2.45) is 0 Å². The van der Waals surface area contributed by atoms with Crippen LogP contribution in [0.2, 0.25) is 0 Å². The van der Waals surface area contributed by atoms with E-state index in [9.17, 15) is 10.2 Å². The second kappa shape index (κ2) is 6.75. The van der Waals surface area contributed by atoms with Crippen LogP contribution in [0.5, 0.6) is 11.5 Å². The lowest BCUT2D eigenvalue weighted by Crippen LogP contribution is -2.31. The molecule has 0 aliphatic heterocycles. The molecule has 5 nitrogen and oxygen atoms in total. The predicted molar refractivity (Wildman–Crippen MR) is 71.0 cm³/mol. The summed E-state index contributed by atoms with van der Waals surface area (Å²) in [6.07, 6.45) is 0. The molecule has 19 heavy (non-hydrogen) atoms. The van der Waals surface area contributed by atoms with E-state index in [0.717, 1.165) is 5.56 Å². The predicted octanol–water partition coefficient (Wildman–Crippen LogP) is 1.82. The molecule has 0 spiro atoms. The average Bonchev–Trinajstić information content (AvgIpc) is 2.42. The zero-order chi connectivity index (χ0) is 13.5. The van der Waals surface area contributed by atoms with Gasteiger partial charge in [-0.2, -0.15) is 0 Å². The standard InChI is InChI=1S/C14H16N2O3/c17-13-7-3-1-5-11(13)9-15-16-19-10-12-6-2-4-8-14(12)18/h1-8,15-18H,9-10H2. The average molecular weight is 260 g/mol. The van der Waals surface area contributed by atoms with Gasteiger partial charge in [-0.3, -0.25) is 4.84 Å². The molecule has 2 aromatic carbocycles. The summed E-state index contributed by atoms with van der Waals surface area (Å²) in [7, 11) is 0. The third-order valence-corrected chi connectivity index (χ3v) is 2.63. The van der Waals surface area contributed by atoms with Crippen molar-refractivity contribution in [3.05, 3.63) is 59.7 Å². The van der Waals surface area contributed by atoms with E-state index in [4.69, 9.17) is 4.84 Å². The highest BCUT2D eigenvalue weighted by molar-refractivity contribution is 5.31. The molecule has 2 rings (SSSR count). The van der Waals surface area contributed by atoms with Crippen LogP contribution < -0.4 is 11.0 Å². The molecule has 0 radical (unpaired) electrons. The fraction of sp³-hybridized carbons (Fsp3) is 0.143. The molecule has 0 saturated carbocycles. The Balaban J connectivity index is 1.71. The zero-order valence-electron chi connectivity index (χ0n) is 10.3. The van der Waals surface area contributed by atoms with E-state index in [1.807, 2.05) is 18.2 Å². The van der Waals surface area contributed by atoms with Crippen LogP contribution in [0.15, 0.2) is 48.5 Å². The lowest BCUT2D eigenvalue weighted by molar-refractivity contribution is -0.00394. The van der Waals surface area contributed by atoms with Crippen LogP contribution in [-0.2, 0) is 18.0 Å². The third-order valence-electron chi connectivity index (χ3n) is 2.63. The van der Waals surface area contributed by atoms with Crippen LogP contribution in [0.3, 0.4) is 0 Å². The Bertz CT molecular complexity index is 484. The first kappa shape index (κ1) is 13.4. The van der Waals surface area contributed by atoms with Crippen LogP contribution in [0.25, 0.3) is 0 Å². The molecular weight excluding hydrogens is 244 g/mol. The number of aromatic hydroxyl groups is 2. The van der Waals surface area contributed by atoms with E-state index in [1.54, 1.807) is 30.3 Å². The van der Waals surface area contributed by atoms with Gasteiger partial charge < -0.3 is 10.2 Å². The summed E-state index contributed by atoms with van der Waals surface area (Å²) in [5.74, 6) is 0.433. The Labute approximate surface area is 111 Å². The van der Waals surface area contributed by atoms with Gasteiger partial charge in [0.05, 0.1) is 6.61 Å². The van der Waals surface area contributed by atoms with Crippen molar-refractivity contribution in [1.29, 1.82) is 0 Å². The van der Waals surface area contributed by atoms with Crippen LogP contribution in [0.1, 0.15) is 11.1 Å². The minimum Gasteiger partial charge on any atom is -0.508 e. The summed E-state index contributed by atoms with van der Waals surface area (Å²) in [6.45, 7) is 0.661. The van der Waals surface area contributed by atoms with Gasteiger partial charge in [0.2, 0.25) is 0 Å². The highest BCUT2D eigenvalue weighted by Crippen LogP contribution is 2.16. The highest BCUT2D eigenvalue weighted by Gasteiger charge is 2.00. The molecule has 0 aliphatic rings. The van der Waals surface area contributed by atoms with Crippen molar-refractivity contribution < 1.29 is 15.1 Å². The summed E-state index contributed by atoms with van der Waals surface area (Å²) in [5, 5.41) is 19.1. The first-order valence-corrected chi connectivity index (χ1v) is 5.91. The number of hydrazine groups is 1. The van der Waals surface area contributed by atoms with E-state index in [-0.39, 0.29) is 18.1 Å².